The fraction of sp³-hybridized carbons (Fsp3) is 0.364. The molecule has 9 heteroatoms. The Morgan fingerprint density at radius 1 is 1.19 bits per heavy atom. The summed E-state index contributed by atoms with van der Waals surface area (Å²) in [5.74, 6) is -0.103. The van der Waals surface area contributed by atoms with E-state index in [2.05, 4.69) is 25.6 Å². The van der Waals surface area contributed by atoms with Crippen molar-refractivity contribution in [3.8, 4) is 0 Å². The van der Waals surface area contributed by atoms with Crippen molar-refractivity contribution in [2.45, 2.75) is 26.3 Å². The highest BCUT2D eigenvalue weighted by molar-refractivity contribution is 7.13. The zero-order valence-corrected chi connectivity index (χ0v) is 18.3. The molecule has 1 aliphatic heterocycles. The van der Waals surface area contributed by atoms with E-state index >= 15 is 0 Å². The van der Waals surface area contributed by atoms with E-state index in [0.717, 1.165) is 30.3 Å². The van der Waals surface area contributed by atoms with Gasteiger partial charge in [-0.1, -0.05) is 6.07 Å². The van der Waals surface area contributed by atoms with Crippen molar-refractivity contribution in [3.05, 3.63) is 59.6 Å². The number of nitrogens with zero attached hydrogens (tertiary/aromatic N) is 5. The van der Waals surface area contributed by atoms with Gasteiger partial charge in [0.05, 0.1) is 12.0 Å². The molecule has 1 N–H and O–H groups in total. The molecule has 0 bridgehead atoms. The van der Waals surface area contributed by atoms with Crippen molar-refractivity contribution >= 4 is 34.0 Å². The van der Waals surface area contributed by atoms with Crippen molar-refractivity contribution in [1.29, 1.82) is 0 Å². The van der Waals surface area contributed by atoms with Gasteiger partial charge in [-0.3, -0.25) is 9.59 Å². The highest BCUT2D eigenvalue weighted by Crippen LogP contribution is 2.22. The number of carbonyl (C=O) groups is 2. The van der Waals surface area contributed by atoms with Crippen LogP contribution in [0.25, 0.3) is 0 Å². The average Bonchev–Trinajstić information content (AvgIpc) is 3.38. The number of benzene rings is 1. The van der Waals surface area contributed by atoms with Crippen LogP contribution in [0.1, 0.15) is 28.9 Å². The van der Waals surface area contributed by atoms with Crippen LogP contribution in [0.5, 0.6) is 0 Å². The highest BCUT2D eigenvalue weighted by Gasteiger charge is 2.22. The summed E-state index contributed by atoms with van der Waals surface area (Å²) in [4.78, 5) is 38.0. The summed E-state index contributed by atoms with van der Waals surface area (Å²) in [6.07, 6.45) is 6.43. The summed E-state index contributed by atoms with van der Waals surface area (Å²) in [5, 5.41) is 5.96. The first kappa shape index (κ1) is 21.0. The first-order chi connectivity index (χ1) is 15.1. The van der Waals surface area contributed by atoms with Gasteiger partial charge in [0.25, 0.3) is 5.91 Å². The minimum absolute atomic E-state index is 0.00770. The quantitative estimate of drug-likeness (QED) is 0.640. The number of aryl methyl sites for hydroxylation is 2. The molecule has 0 unspecified atom stereocenters. The van der Waals surface area contributed by atoms with Crippen LogP contribution >= 0.6 is 11.3 Å². The van der Waals surface area contributed by atoms with Crippen LogP contribution in [0.2, 0.25) is 0 Å². The maximum atomic E-state index is 13.1. The van der Waals surface area contributed by atoms with Crippen molar-refractivity contribution in [2.75, 3.05) is 36.4 Å². The number of hydrogen-bond acceptors (Lipinski definition) is 6. The molecular weight excluding hydrogens is 412 g/mol. The molecule has 31 heavy (non-hydrogen) atoms. The predicted molar refractivity (Wildman–Crippen MR) is 122 cm³/mol. The fourth-order valence-electron chi connectivity index (χ4n) is 3.58. The van der Waals surface area contributed by atoms with Crippen LogP contribution in [0, 0.1) is 6.92 Å². The Morgan fingerprint density at radius 3 is 2.87 bits per heavy atom. The normalized spacial score (nSPS) is 14.4. The topological polar surface area (TPSA) is 83.4 Å². The molecule has 1 aliphatic rings. The van der Waals surface area contributed by atoms with Gasteiger partial charge in [0.2, 0.25) is 5.91 Å². The van der Waals surface area contributed by atoms with Crippen LogP contribution in [-0.2, 0) is 11.3 Å². The van der Waals surface area contributed by atoms with E-state index in [1.807, 2.05) is 22.6 Å². The van der Waals surface area contributed by atoms with Gasteiger partial charge in [0.1, 0.15) is 0 Å². The predicted octanol–water partition coefficient (Wildman–Crippen LogP) is 3.03. The third kappa shape index (κ3) is 5.49. The molecule has 1 fully saturated rings. The average molecular weight is 439 g/mol. The maximum absolute atomic E-state index is 13.1. The zero-order chi connectivity index (χ0) is 21.6. The number of hydrogen-bond donors (Lipinski definition) is 1. The Morgan fingerprint density at radius 2 is 2.10 bits per heavy atom. The smallest absolute Gasteiger partial charge is 0.253 e. The molecule has 4 rings (SSSR count). The van der Waals surface area contributed by atoms with E-state index in [-0.39, 0.29) is 11.8 Å². The molecule has 3 aromatic rings. The van der Waals surface area contributed by atoms with E-state index in [1.165, 1.54) is 0 Å². The second-order valence-electron chi connectivity index (χ2n) is 7.58. The van der Waals surface area contributed by atoms with Crippen LogP contribution in [0.15, 0.2) is 48.4 Å². The number of anilines is 2. The number of thiazole rings is 1. The van der Waals surface area contributed by atoms with Gasteiger partial charge < -0.3 is 19.7 Å². The second kappa shape index (κ2) is 9.74. The summed E-state index contributed by atoms with van der Waals surface area (Å²) >= 11 is 1.65. The first-order valence-electron chi connectivity index (χ1n) is 10.4. The number of amides is 2. The van der Waals surface area contributed by atoms with Crippen molar-refractivity contribution < 1.29 is 9.59 Å². The van der Waals surface area contributed by atoms with Crippen molar-refractivity contribution in [2.24, 2.45) is 0 Å². The molecule has 0 spiro atoms. The lowest BCUT2D eigenvalue weighted by molar-refractivity contribution is -0.116. The summed E-state index contributed by atoms with van der Waals surface area (Å²) in [6, 6.07) is 7.17. The third-order valence-corrected chi connectivity index (χ3v) is 6.23. The molecule has 3 heterocycles. The number of imidazole rings is 1. The SMILES string of the molecule is Cc1csc(N2CCCN(C(=O)c3cccc(NC(=O)CCn4ccnc4)c3)CC2)n1. The molecule has 162 valence electrons. The number of carbonyl (C=O) groups excluding carboxylic acids is 2. The molecule has 0 aliphatic carbocycles. The minimum atomic E-state index is -0.0949. The van der Waals surface area contributed by atoms with Gasteiger partial charge in [-0.2, -0.15) is 0 Å². The Hall–Kier alpha value is -3.20. The molecular formula is C22H26N6O2S. The van der Waals surface area contributed by atoms with Gasteiger partial charge in [0.15, 0.2) is 5.13 Å². The van der Waals surface area contributed by atoms with Crippen molar-refractivity contribution in [1.82, 2.24) is 19.4 Å². The lowest BCUT2D eigenvalue weighted by Gasteiger charge is -2.22. The zero-order valence-electron chi connectivity index (χ0n) is 17.5. The number of nitrogens with one attached hydrogen (secondary N) is 1. The van der Waals surface area contributed by atoms with E-state index in [4.69, 9.17) is 0 Å². The second-order valence-corrected chi connectivity index (χ2v) is 8.42. The third-order valence-electron chi connectivity index (χ3n) is 5.21. The van der Waals surface area contributed by atoms with Gasteiger partial charge >= 0.3 is 0 Å². The molecule has 1 saturated heterocycles. The highest BCUT2D eigenvalue weighted by atomic mass is 32.1. The standard InChI is InChI=1S/C22H26N6O2S/c1-17-15-31-22(24-17)28-9-3-8-27(12-13-28)21(30)18-4-2-5-19(14-18)25-20(29)6-10-26-11-7-23-16-26/h2,4-5,7,11,14-16H,3,6,8-10,12-13H2,1H3,(H,25,29). The van der Waals surface area contributed by atoms with Gasteiger partial charge in [-0.05, 0) is 31.5 Å². The Bertz CT molecular complexity index is 1030. The van der Waals surface area contributed by atoms with Crippen LogP contribution < -0.4 is 10.2 Å². The summed E-state index contributed by atoms with van der Waals surface area (Å²) in [6.45, 7) is 5.58. The maximum Gasteiger partial charge on any atom is 0.253 e. The first-order valence-corrected chi connectivity index (χ1v) is 11.3. The molecule has 0 radical (unpaired) electrons. The molecule has 0 atom stereocenters. The molecule has 2 amide bonds. The number of rotatable bonds is 6. The van der Waals surface area contributed by atoms with Crippen molar-refractivity contribution in [3.63, 3.8) is 0 Å². The lowest BCUT2D eigenvalue weighted by atomic mass is 10.1. The Balaban J connectivity index is 1.34. The fourth-order valence-corrected chi connectivity index (χ4v) is 4.44. The summed E-state index contributed by atoms with van der Waals surface area (Å²) in [7, 11) is 0. The largest absolute Gasteiger partial charge is 0.346 e. The van der Waals surface area contributed by atoms with E-state index in [9.17, 15) is 9.59 Å². The van der Waals surface area contributed by atoms with Crippen LogP contribution in [0.4, 0.5) is 10.8 Å². The molecule has 0 saturated carbocycles. The molecule has 2 aromatic heterocycles. The molecule has 8 nitrogen and oxygen atoms in total. The van der Waals surface area contributed by atoms with E-state index < -0.39 is 0 Å². The Labute approximate surface area is 185 Å². The van der Waals surface area contributed by atoms with Crippen LogP contribution in [0.3, 0.4) is 0 Å². The summed E-state index contributed by atoms with van der Waals surface area (Å²) in [5.41, 5.74) is 2.25. The minimum Gasteiger partial charge on any atom is -0.346 e. The van der Waals surface area contributed by atoms with E-state index in [1.54, 1.807) is 48.1 Å². The summed E-state index contributed by atoms with van der Waals surface area (Å²) < 4.78 is 1.86. The lowest BCUT2D eigenvalue weighted by Crippen LogP contribution is -2.35. The molecule has 1 aromatic carbocycles. The van der Waals surface area contributed by atoms with Gasteiger partial charge in [0, 0.05) is 68.2 Å². The van der Waals surface area contributed by atoms with Gasteiger partial charge in [-0.25, -0.2) is 9.97 Å². The van der Waals surface area contributed by atoms with Crippen LogP contribution in [-0.4, -0.2) is 57.4 Å². The monoisotopic (exact) mass is 438 g/mol. The Kier molecular flexibility index (Phi) is 6.61. The van der Waals surface area contributed by atoms with E-state index in [0.29, 0.717) is 37.3 Å². The van der Waals surface area contributed by atoms with Gasteiger partial charge in [-0.15, -0.1) is 11.3 Å². The number of aromatic nitrogens is 3.